The van der Waals surface area contributed by atoms with Crippen LogP contribution in [0.4, 0.5) is 5.69 Å². The maximum absolute atomic E-state index is 12.5. The van der Waals surface area contributed by atoms with Crippen molar-refractivity contribution >= 4 is 15.7 Å². The number of anilines is 1. The molecule has 0 unspecified atom stereocenters. The van der Waals surface area contributed by atoms with Crippen molar-refractivity contribution in [2.45, 2.75) is 32.2 Å². The number of rotatable bonds is 4. The molecule has 0 radical (unpaired) electrons. The molecule has 0 fully saturated rings. The van der Waals surface area contributed by atoms with Gasteiger partial charge in [0, 0.05) is 12.2 Å². The van der Waals surface area contributed by atoms with Crippen LogP contribution < -0.4 is 10.5 Å². The van der Waals surface area contributed by atoms with Crippen molar-refractivity contribution in [1.29, 1.82) is 0 Å². The Hall–Kier alpha value is -1.85. The Kier molecular flexibility index (Phi) is 4.34. The predicted molar refractivity (Wildman–Crippen MR) is 85.8 cm³/mol. The van der Waals surface area contributed by atoms with E-state index in [1.54, 1.807) is 31.2 Å². The fraction of sp³-hybridized carbons (Fsp3) is 0.250. The van der Waals surface area contributed by atoms with E-state index in [2.05, 4.69) is 4.72 Å². The summed E-state index contributed by atoms with van der Waals surface area (Å²) >= 11 is 0. The van der Waals surface area contributed by atoms with Crippen molar-refractivity contribution in [3.05, 3.63) is 58.7 Å². The molecule has 0 bridgehead atoms. The van der Waals surface area contributed by atoms with E-state index in [-0.39, 0.29) is 4.90 Å². The molecule has 0 saturated carbocycles. The third kappa shape index (κ3) is 3.43. The number of hydrogen-bond acceptors (Lipinski definition) is 3. The normalized spacial score (nSPS) is 11.4. The highest BCUT2D eigenvalue weighted by molar-refractivity contribution is 7.92. The molecule has 2 aromatic carbocycles. The zero-order valence-corrected chi connectivity index (χ0v) is 13.3. The Morgan fingerprint density at radius 1 is 0.952 bits per heavy atom. The minimum Gasteiger partial charge on any atom is -0.326 e. The lowest BCUT2D eigenvalue weighted by atomic mass is 10.1. The second kappa shape index (κ2) is 5.87. The molecule has 112 valence electrons. The highest BCUT2D eigenvalue weighted by atomic mass is 32.2. The minimum absolute atomic E-state index is 0.276. The monoisotopic (exact) mass is 304 g/mol. The highest BCUT2D eigenvalue weighted by Gasteiger charge is 2.17. The van der Waals surface area contributed by atoms with E-state index in [0.29, 0.717) is 17.8 Å². The number of nitrogens with two attached hydrogens (primary N) is 1. The Labute approximate surface area is 126 Å². The Morgan fingerprint density at radius 2 is 1.67 bits per heavy atom. The van der Waals surface area contributed by atoms with E-state index >= 15 is 0 Å². The Morgan fingerprint density at radius 3 is 2.24 bits per heavy atom. The van der Waals surface area contributed by atoms with Crippen molar-refractivity contribution in [2.24, 2.45) is 5.73 Å². The largest absolute Gasteiger partial charge is 0.326 e. The summed E-state index contributed by atoms with van der Waals surface area (Å²) in [5.41, 5.74) is 9.91. The van der Waals surface area contributed by atoms with Crippen molar-refractivity contribution in [2.75, 3.05) is 4.72 Å². The van der Waals surface area contributed by atoms with Gasteiger partial charge in [0.1, 0.15) is 0 Å². The van der Waals surface area contributed by atoms with Gasteiger partial charge in [-0.15, -0.1) is 0 Å². The topological polar surface area (TPSA) is 72.2 Å². The number of sulfonamides is 1. The summed E-state index contributed by atoms with van der Waals surface area (Å²) in [5, 5.41) is 0. The van der Waals surface area contributed by atoms with Crippen molar-refractivity contribution in [1.82, 2.24) is 0 Å². The Bertz CT molecular complexity index is 768. The first kappa shape index (κ1) is 15.5. The van der Waals surface area contributed by atoms with E-state index in [1.165, 1.54) is 0 Å². The number of hydrogen-bond donors (Lipinski definition) is 2. The van der Waals surface area contributed by atoms with Gasteiger partial charge in [0.05, 0.1) is 4.90 Å². The van der Waals surface area contributed by atoms with Crippen LogP contribution in [0, 0.1) is 20.8 Å². The van der Waals surface area contributed by atoms with Gasteiger partial charge < -0.3 is 5.73 Å². The van der Waals surface area contributed by atoms with Crippen molar-refractivity contribution in [3.63, 3.8) is 0 Å². The van der Waals surface area contributed by atoms with Gasteiger partial charge in [-0.05, 0) is 61.2 Å². The summed E-state index contributed by atoms with van der Waals surface area (Å²) in [6.07, 6.45) is 0. The number of benzene rings is 2. The molecule has 4 nitrogen and oxygen atoms in total. The van der Waals surface area contributed by atoms with Crippen LogP contribution in [-0.2, 0) is 16.6 Å². The maximum Gasteiger partial charge on any atom is 0.262 e. The van der Waals surface area contributed by atoms with Crippen LogP contribution in [0.25, 0.3) is 0 Å². The molecule has 0 spiro atoms. The summed E-state index contributed by atoms with van der Waals surface area (Å²) in [5.74, 6) is 0. The summed E-state index contributed by atoms with van der Waals surface area (Å²) in [7, 11) is -3.59. The van der Waals surface area contributed by atoms with Crippen LogP contribution in [0.2, 0.25) is 0 Å². The second-order valence-electron chi connectivity index (χ2n) is 5.21. The number of nitrogens with one attached hydrogen (secondary N) is 1. The van der Waals surface area contributed by atoms with Gasteiger partial charge in [-0.1, -0.05) is 18.2 Å². The molecule has 0 amide bonds. The van der Waals surface area contributed by atoms with E-state index in [1.807, 2.05) is 26.0 Å². The molecule has 0 atom stereocenters. The summed E-state index contributed by atoms with van der Waals surface area (Å²) < 4.78 is 27.6. The third-order valence-corrected chi connectivity index (χ3v) is 5.07. The van der Waals surface area contributed by atoms with Crippen LogP contribution in [0.1, 0.15) is 22.3 Å². The molecule has 0 aromatic heterocycles. The van der Waals surface area contributed by atoms with Crippen LogP contribution in [0.3, 0.4) is 0 Å². The minimum atomic E-state index is -3.59. The van der Waals surface area contributed by atoms with Crippen LogP contribution in [0.15, 0.2) is 41.3 Å². The van der Waals surface area contributed by atoms with Gasteiger partial charge in [-0.3, -0.25) is 4.72 Å². The SMILES string of the molecule is Cc1ccc(NS(=O)(=O)c2ccc(CN)cc2C)cc1C. The van der Waals surface area contributed by atoms with Gasteiger partial charge in [-0.25, -0.2) is 8.42 Å². The first-order chi connectivity index (χ1) is 9.83. The van der Waals surface area contributed by atoms with Gasteiger partial charge >= 0.3 is 0 Å². The summed E-state index contributed by atoms with van der Waals surface area (Å²) in [4.78, 5) is 0.276. The molecule has 2 rings (SSSR count). The van der Waals surface area contributed by atoms with Crippen LogP contribution in [-0.4, -0.2) is 8.42 Å². The van der Waals surface area contributed by atoms with Gasteiger partial charge in [0.2, 0.25) is 0 Å². The van der Waals surface area contributed by atoms with E-state index in [9.17, 15) is 8.42 Å². The van der Waals surface area contributed by atoms with Crippen LogP contribution in [0.5, 0.6) is 0 Å². The van der Waals surface area contributed by atoms with E-state index in [4.69, 9.17) is 5.73 Å². The zero-order valence-electron chi connectivity index (χ0n) is 12.5. The molecule has 5 heteroatoms. The lowest BCUT2D eigenvalue weighted by molar-refractivity contribution is 0.600. The molecular weight excluding hydrogens is 284 g/mol. The maximum atomic E-state index is 12.5. The number of aryl methyl sites for hydroxylation is 3. The fourth-order valence-electron chi connectivity index (χ4n) is 2.16. The van der Waals surface area contributed by atoms with Crippen molar-refractivity contribution in [3.8, 4) is 0 Å². The Balaban J connectivity index is 2.36. The van der Waals surface area contributed by atoms with Gasteiger partial charge in [0.25, 0.3) is 10.0 Å². The molecule has 21 heavy (non-hydrogen) atoms. The molecular formula is C16H20N2O2S. The molecule has 3 N–H and O–H groups in total. The molecule has 0 heterocycles. The smallest absolute Gasteiger partial charge is 0.262 e. The lowest BCUT2D eigenvalue weighted by Gasteiger charge is -2.12. The third-order valence-electron chi connectivity index (χ3n) is 3.52. The average Bonchev–Trinajstić information content (AvgIpc) is 2.42. The van der Waals surface area contributed by atoms with E-state index in [0.717, 1.165) is 16.7 Å². The molecule has 0 aliphatic heterocycles. The lowest BCUT2D eigenvalue weighted by Crippen LogP contribution is -2.14. The molecule has 0 saturated heterocycles. The first-order valence-corrected chi connectivity index (χ1v) is 8.21. The van der Waals surface area contributed by atoms with Gasteiger partial charge in [0.15, 0.2) is 0 Å². The van der Waals surface area contributed by atoms with E-state index < -0.39 is 10.0 Å². The first-order valence-electron chi connectivity index (χ1n) is 6.73. The summed E-state index contributed by atoms with van der Waals surface area (Å²) in [6.45, 7) is 6.11. The zero-order chi connectivity index (χ0) is 15.6. The quantitative estimate of drug-likeness (QED) is 0.912. The van der Waals surface area contributed by atoms with Gasteiger partial charge in [-0.2, -0.15) is 0 Å². The standard InChI is InChI=1S/C16H20N2O2S/c1-11-4-6-15(9-12(11)2)18-21(19,20)16-7-5-14(10-17)8-13(16)3/h4-9,18H,10,17H2,1-3H3. The molecule has 0 aliphatic carbocycles. The highest BCUT2D eigenvalue weighted by Crippen LogP contribution is 2.22. The van der Waals surface area contributed by atoms with Crippen LogP contribution >= 0.6 is 0 Å². The van der Waals surface area contributed by atoms with Crippen molar-refractivity contribution < 1.29 is 8.42 Å². The molecule has 0 aliphatic rings. The fourth-order valence-corrected chi connectivity index (χ4v) is 3.43. The second-order valence-corrected chi connectivity index (χ2v) is 6.86. The summed E-state index contributed by atoms with van der Waals surface area (Å²) in [6, 6.07) is 10.6. The predicted octanol–water partition coefficient (Wildman–Crippen LogP) is 2.87. The average molecular weight is 304 g/mol. The molecule has 2 aromatic rings.